The Labute approximate surface area is 73.0 Å². The van der Waals surface area contributed by atoms with Gasteiger partial charge in [0.05, 0.1) is 5.02 Å². The third kappa shape index (κ3) is 1.61. The van der Waals surface area contributed by atoms with Crippen molar-refractivity contribution in [2.24, 2.45) is 0 Å². The summed E-state index contributed by atoms with van der Waals surface area (Å²) in [5, 5.41) is -0.317. The minimum absolute atomic E-state index is 0.0910. The van der Waals surface area contributed by atoms with Gasteiger partial charge in [0.1, 0.15) is 17.9 Å². The SMILES string of the molecule is O=CCc1c(F)ccc(F)c1Cl. The van der Waals surface area contributed by atoms with E-state index in [1.165, 1.54) is 0 Å². The number of benzene rings is 1. The summed E-state index contributed by atoms with van der Waals surface area (Å²) in [6.07, 6.45) is 0.270. The van der Waals surface area contributed by atoms with Crippen LogP contribution in [0, 0.1) is 11.6 Å². The zero-order valence-electron chi connectivity index (χ0n) is 5.98. The molecule has 1 aromatic rings. The molecule has 0 saturated heterocycles. The summed E-state index contributed by atoms with van der Waals surface area (Å²) >= 11 is 5.40. The minimum atomic E-state index is -0.713. The highest BCUT2D eigenvalue weighted by Crippen LogP contribution is 2.22. The Bertz CT molecular complexity index is 312. The predicted octanol–water partition coefficient (Wildman–Crippen LogP) is 2.36. The van der Waals surface area contributed by atoms with Gasteiger partial charge in [0.2, 0.25) is 0 Å². The fourth-order valence-electron chi connectivity index (χ4n) is 0.840. The van der Waals surface area contributed by atoms with Crippen molar-refractivity contribution < 1.29 is 13.6 Å². The van der Waals surface area contributed by atoms with Crippen molar-refractivity contribution in [2.45, 2.75) is 6.42 Å². The van der Waals surface area contributed by atoms with Gasteiger partial charge in [-0.15, -0.1) is 0 Å². The molecule has 0 atom stereocenters. The molecule has 12 heavy (non-hydrogen) atoms. The first-order chi connectivity index (χ1) is 5.66. The van der Waals surface area contributed by atoms with E-state index in [-0.39, 0.29) is 17.0 Å². The molecule has 1 aromatic carbocycles. The van der Waals surface area contributed by atoms with Gasteiger partial charge in [-0.2, -0.15) is 0 Å². The van der Waals surface area contributed by atoms with Gasteiger partial charge < -0.3 is 4.79 Å². The van der Waals surface area contributed by atoms with E-state index in [1.54, 1.807) is 0 Å². The Kier molecular flexibility index (Phi) is 2.76. The molecule has 0 N–H and O–H groups in total. The Hall–Kier alpha value is -0.960. The lowest BCUT2D eigenvalue weighted by molar-refractivity contribution is -0.107. The normalized spacial score (nSPS) is 9.92. The van der Waals surface area contributed by atoms with Crippen LogP contribution < -0.4 is 0 Å². The summed E-state index contributed by atoms with van der Waals surface area (Å²) in [6.45, 7) is 0. The monoisotopic (exact) mass is 190 g/mol. The molecule has 0 bridgehead atoms. The maximum Gasteiger partial charge on any atom is 0.142 e. The number of carbonyl (C=O) groups excluding carboxylic acids is 1. The van der Waals surface area contributed by atoms with Crippen molar-refractivity contribution in [3.8, 4) is 0 Å². The van der Waals surface area contributed by atoms with Gasteiger partial charge in [-0.05, 0) is 12.1 Å². The average Bonchev–Trinajstić information content (AvgIpc) is 2.06. The second-order valence-corrected chi connectivity index (χ2v) is 2.57. The fraction of sp³-hybridized carbons (Fsp3) is 0.125. The van der Waals surface area contributed by atoms with Crippen LogP contribution in [0.3, 0.4) is 0 Å². The highest BCUT2D eigenvalue weighted by molar-refractivity contribution is 6.31. The van der Waals surface area contributed by atoms with Gasteiger partial charge in [0.25, 0.3) is 0 Å². The van der Waals surface area contributed by atoms with Crippen molar-refractivity contribution in [2.75, 3.05) is 0 Å². The van der Waals surface area contributed by atoms with Gasteiger partial charge in [0.15, 0.2) is 0 Å². The van der Waals surface area contributed by atoms with Gasteiger partial charge in [-0.25, -0.2) is 8.78 Å². The third-order valence-electron chi connectivity index (χ3n) is 1.43. The Morgan fingerprint density at radius 3 is 2.50 bits per heavy atom. The molecule has 0 aromatic heterocycles. The van der Waals surface area contributed by atoms with Crippen LogP contribution in [0.15, 0.2) is 12.1 Å². The lowest BCUT2D eigenvalue weighted by Crippen LogP contribution is -1.95. The van der Waals surface area contributed by atoms with E-state index >= 15 is 0 Å². The molecule has 0 radical (unpaired) electrons. The standard InChI is InChI=1S/C8H5ClF2O/c9-8-5(3-4-12)6(10)1-2-7(8)11/h1-2,4H,3H2. The molecule has 0 amide bonds. The Morgan fingerprint density at radius 2 is 1.92 bits per heavy atom. The van der Waals surface area contributed by atoms with Crippen LogP contribution in [-0.2, 0) is 11.2 Å². The van der Waals surface area contributed by atoms with Crippen molar-refractivity contribution in [3.05, 3.63) is 34.4 Å². The van der Waals surface area contributed by atoms with Gasteiger partial charge in [-0.3, -0.25) is 0 Å². The highest BCUT2D eigenvalue weighted by atomic mass is 35.5. The smallest absolute Gasteiger partial charge is 0.142 e. The van der Waals surface area contributed by atoms with E-state index in [0.717, 1.165) is 12.1 Å². The van der Waals surface area contributed by atoms with Crippen LogP contribution in [0.4, 0.5) is 8.78 Å². The molecule has 0 aliphatic rings. The van der Waals surface area contributed by atoms with Gasteiger partial charge in [-0.1, -0.05) is 11.6 Å². The predicted molar refractivity (Wildman–Crippen MR) is 41.1 cm³/mol. The molecule has 0 fully saturated rings. The summed E-state index contributed by atoms with van der Waals surface area (Å²) < 4.78 is 25.5. The molecule has 1 rings (SSSR count). The van der Waals surface area contributed by atoms with Crippen LogP contribution in [-0.4, -0.2) is 6.29 Å². The Morgan fingerprint density at radius 1 is 1.33 bits per heavy atom. The summed E-state index contributed by atoms with van der Waals surface area (Å²) in [5.41, 5.74) is -0.0910. The van der Waals surface area contributed by atoms with Crippen molar-refractivity contribution >= 4 is 17.9 Å². The second kappa shape index (κ2) is 3.63. The average molecular weight is 191 g/mol. The molecule has 64 valence electrons. The number of rotatable bonds is 2. The van der Waals surface area contributed by atoms with E-state index in [0.29, 0.717) is 6.29 Å². The van der Waals surface area contributed by atoms with E-state index in [9.17, 15) is 13.6 Å². The zero-order chi connectivity index (χ0) is 9.14. The third-order valence-corrected chi connectivity index (χ3v) is 1.84. The first-order valence-electron chi connectivity index (χ1n) is 3.23. The van der Waals surface area contributed by atoms with Crippen molar-refractivity contribution in [3.63, 3.8) is 0 Å². The molecule has 4 heteroatoms. The Balaban J connectivity index is 3.22. The van der Waals surface area contributed by atoms with Gasteiger partial charge >= 0.3 is 0 Å². The molecule has 0 unspecified atom stereocenters. The van der Waals surface area contributed by atoms with Crippen LogP contribution >= 0.6 is 11.6 Å². The van der Waals surface area contributed by atoms with Gasteiger partial charge in [0, 0.05) is 12.0 Å². The van der Waals surface area contributed by atoms with Crippen LogP contribution in [0.1, 0.15) is 5.56 Å². The van der Waals surface area contributed by atoms with Crippen LogP contribution in [0.2, 0.25) is 5.02 Å². The topological polar surface area (TPSA) is 17.1 Å². The zero-order valence-corrected chi connectivity index (χ0v) is 6.74. The molecular weight excluding hydrogens is 186 g/mol. The van der Waals surface area contributed by atoms with E-state index < -0.39 is 11.6 Å². The number of carbonyl (C=O) groups is 1. The van der Waals surface area contributed by atoms with E-state index in [4.69, 9.17) is 11.6 Å². The maximum absolute atomic E-state index is 12.8. The fourth-order valence-corrected chi connectivity index (χ4v) is 1.07. The van der Waals surface area contributed by atoms with Crippen LogP contribution in [0.5, 0.6) is 0 Å². The summed E-state index contributed by atoms with van der Waals surface area (Å²) in [6, 6.07) is 1.87. The lowest BCUT2D eigenvalue weighted by Gasteiger charge is -2.01. The molecular formula is C8H5ClF2O. The summed E-state index contributed by atoms with van der Waals surface area (Å²) in [5.74, 6) is -1.37. The lowest BCUT2D eigenvalue weighted by atomic mass is 10.1. The first-order valence-corrected chi connectivity index (χ1v) is 3.60. The maximum atomic E-state index is 12.8. The summed E-state index contributed by atoms with van der Waals surface area (Å²) in [4.78, 5) is 10.0. The number of hydrogen-bond donors (Lipinski definition) is 0. The van der Waals surface area contributed by atoms with Crippen molar-refractivity contribution in [1.29, 1.82) is 0 Å². The van der Waals surface area contributed by atoms with Crippen molar-refractivity contribution in [1.82, 2.24) is 0 Å². The second-order valence-electron chi connectivity index (χ2n) is 2.19. The molecule has 0 saturated carbocycles. The van der Waals surface area contributed by atoms with E-state index in [2.05, 4.69) is 0 Å². The molecule has 0 spiro atoms. The number of halogens is 3. The molecule has 0 aliphatic carbocycles. The minimum Gasteiger partial charge on any atom is -0.303 e. The number of aldehydes is 1. The molecule has 1 nitrogen and oxygen atoms in total. The highest BCUT2D eigenvalue weighted by Gasteiger charge is 2.10. The molecule has 0 heterocycles. The largest absolute Gasteiger partial charge is 0.303 e. The number of hydrogen-bond acceptors (Lipinski definition) is 1. The summed E-state index contributed by atoms with van der Waals surface area (Å²) in [7, 11) is 0. The van der Waals surface area contributed by atoms with Crippen LogP contribution in [0.25, 0.3) is 0 Å². The first kappa shape index (κ1) is 9.13. The van der Waals surface area contributed by atoms with E-state index in [1.807, 2.05) is 0 Å². The quantitative estimate of drug-likeness (QED) is 0.517. The molecule has 0 aliphatic heterocycles.